The highest BCUT2D eigenvalue weighted by atomic mass is 16.4. The van der Waals surface area contributed by atoms with E-state index in [0.717, 1.165) is 12.8 Å². The molecule has 1 aliphatic rings. The number of aliphatic carboxylic acids is 1. The zero-order chi connectivity index (χ0) is 13.3. The predicted molar refractivity (Wildman–Crippen MR) is 64.8 cm³/mol. The quantitative estimate of drug-likeness (QED) is 0.702. The molecule has 0 aliphatic heterocycles. The van der Waals surface area contributed by atoms with E-state index >= 15 is 0 Å². The first kappa shape index (κ1) is 13.8. The van der Waals surface area contributed by atoms with Crippen molar-refractivity contribution in [2.24, 2.45) is 5.41 Å². The summed E-state index contributed by atoms with van der Waals surface area (Å²) in [6, 6.07) is -0.645. The van der Waals surface area contributed by atoms with Gasteiger partial charge in [0, 0.05) is 11.6 Å². The molecule has 0 saturated heterocycles. The van der Waals surface area contributed by atoms with E-state index in [1.807, 2.05) is 27.7 Å². The van der Waals surface area contributed by atoms with E-state index in [1.54, 1.807) is 0 Å². The van der Waals surface area contributed by atoms with Gasteiger partial charge in [-0.2, -0.15) is 0 Å². The van der Waals surface area contributed by atoms with Gasteiger partial charge in [0.15, 0.2) is 0 Å². The standard InChI is InChI=1S/C12H22N2O3/c1-11(2,3)8(7-9(15)16)13-10(17)14-12(4)5-6-12/h8H,5-7H2,1-4H3,(H,15,16)(H2,13,14,17). The van der Waals surface area contributed by atoms with E-state index < -0.39 is 5.97 Å². The number of hydrogen-bond acceptors (Lipinski definition) is 2. The summed E-state index contributed by atoms with van der Waals surface area (Å²) in [6.45, 7) is 7.73. The first-order chi connectivity index (χ1) is 7.62. The van der Waals surface area contributed by atoms with Crippen molar-refractivity contribution in [2.75, 3.05) is 0 Å². The summed E-state index contributed by atoms with van der Waals surface area (Å²) < 4.78 is 0. The van der Waals surface area contributed by atoms with Crippen LogP contribution in [0.25, 0.3) is 0 Å². The van der Waals surface area contributed by atoms with Crippen LogP contribution in [0.3, 0.4) is 0 Å². The summed E-state index contributed by atoms with van der Waals surface area (Å²) in [5, 5.41) is 14.5. The molecule has 98 valence electrons. The number of hydrogen-bond donors (Lipinski definition) is 3. The highest BCUT2D eigenvalue weighted by Crippen LogP contribution is 2.34. The molecule has 0 spiro atoms. The Balaban J connectivity index is 2.53. The Morgan fingerprint density at radius 2 is 1.88 bits per heavy atom. The smallest absolute Gasteiger partial charge is 0.315 e. The molecule has 0 aromatic carbocycles. The molecule has 1 saturated carbocycles. The van der Waals surface area contributed by atoms with Gasteiger partial charge in [-0.3, -0.25) is 4.79 Å². The number of rotatable bonds is 4. The fraction of sp³-hybridized carbons (Fsp3) is 0.833. The SMILES string of the molecule is CC1(NC(=O)NC(CC(=O)O)C(C)(C)C)CC1. The average Bonchev–Trinajstić information content (AvgIpc) is 2.79. The van der Waals surface area contributed by atoms with Gasteiger partial charge in [-0.1, -0.05) is 20.8 Å². The minimum Gasteiger partial charge on any atom is -0.481 e. The number of carboxylic acid groups (broad SMARTS) is 1. The second-order valence-corrected chi connectivity index (χ2v) is 6.18. The third-order valence-corrected chi connectivity index (χ3v) is 3.14. The average molecular weight is 242 g/mol. The third-order valence-electron chi connectivity index (χ3n) is 3.14. The van der Waals surface area contributed by atoms with Crippen LogP contribution in [0, 0.1) is 5.41 Å². The topological polar surface area (TPSA) is 78.4 Å². The molecule has 1 atom stereocenters. The van der Waals surface area contributed by atoms with E-state index in [4.69, 9.17) is 5.11 Å². The van der Waals surface area contributed by atoms with E-state index in [1.165, 1.54) is 0 Å². The second-order valence-electron chi connectivity index (χ2n) is 6.18. The highest BCUT2D eigenvalue weighted by molar-refractivity contribution is 5.77. The molecule has 1 aliphatic carbocycles. The lowest BCUT2D eigenvalue weighted by atomic mass is 9.85. The Labute approximate surface area is 102 Å². The van der Waals surface area contributed by atoms with Crippen molar-refractivity contribution < 1.29 is 14.7 Å². The van der Waals surface area contributed by atoms with E-state index in [0.29, 0.717) is 0 Å². The Hall–Kier alpha value is -1.26. The minimum atomic E-state index is -0.900. The van der Waals surface area contributed by atoms with Crippen LogP contribution in [-0.4, -0.2) is 28.7 Å². The molecular weight excluding hydrogens is 220 g/mol. The second kappa shape index (κ2) is 4.55. The first-order valence-corrected chi connectivity index (χ1v) is 5.93. The molecule has 3 N–H and O–H groups in total. The molecule has 5 nitrogen and oxygen atoms in total. The van der Waals surface area contributed by atoms with Gasteiger partial charge in [0.25, 0.3) is 0 Å². The maximum absolute atomic E-state index is 11.7. The minimum absolute atomic E-state index is 0.0619. The van der Waals surface area contributed by atoms with Crippen LogP contribution in [-0.2, 0) is 4.79 Å². The fourth-order valence-electron chi connectivity index (χ4n) is 1.53. The van der Waals surface area contributed by atoms with Gasteiger partial charge in [0.2, 0.25) is 0 Å². The van der Waals surface area contributed by atoms with E-state index in [2.05, 4.69) is 10.6 Å². The van der Waals surface area contributed by atoms with Crippen molar-refractivity contribution in [3.05, 3.63) is 0 Å². The van der Waals surface area contributed by atoms with Crippen LogP contribution < -0.4 is 10.6 Å². The molecule has 1 fully saturated rings. The molecule has 0 aromatic heterocycles. The van der Waals surface area contributed by atoms with Crippen LogP contribution in [0.15, 0.2) is 0 Å². The van der Waals surface area contributed by atoms with Crippen LogP contribution in [0.5, 0.6) is 0 Å². The molecule has 5 heteroatoms. The first-order valence-electron chi connectivity index (χ1n) is 5.93. The van der Waals surface area contributed by atoms with Gasteiger partial charge in [0.1, 0.15) is 0 Å². The maximum atomic E-state index is 11.7. The molecule has 17 heavy (non-hydrogen) atoms. The zero-order valence-corrected chi connectivity index (χ0v) is 11.0. The molecule has 2 amide bonds. The van der Waals surface area contributed by atoms with Crippen molar-refractivity contribution >= 4 is 12.0 Å². The monoisotopic (exact) mass is 242 g/mol. The molecule has 1 rings (SSSR count). The van der Waals surface area contributed by atoms with Crippen LogP contribution >= 0.6 is 0 Å². The van der Waals surface area contributed by atoms with E-state index in [9.17, 15) is 9.59 Å². The Bertz CT molecular complexity index is 316. The van der Waals surface area contributed by atoms with Crippen LogP contribution in [0.2, 0.25) is 0 Å². The van der Waals surface area contributed by atoms with Gasteiger partial charge in [0.05, 0.1) is 6.42 Å². The van der Waals surface area contributed by atoms with Gasteiger partial charge >= 0.3 is 12.0 Å². The number of carbonyl (C=O) groups excluding carboxylic acids is 1. The van der Waals surface area contributed by atoms with Gasteiger partial charge < -0.3 is 15.7 Å². The molecule has 0 radical (unpaired) electrons. The van der Waals surface area contributed by atoms with E-state index in [-0.39, 0.29) is 29.4 Å². The normalized spacial score (nSPS) is 19.3. The molecule has 0 aromatic rings. The lowest BCUT2D eigenvalue weighted by Crippen LogP contribution is -2.51. The summed E-state index contributed by atoms with van der Waals surface area (Å²) in [4.78, 5) is 22.5. The van der Waals surface area contributed by atoms with Crippen molar-refractivity contribution in [1.29, 1.82) is 0 Å². The summed E-state index contributed by atoms with van der Waals surface area (Å²) >= 11 is 0. The molecule has 1 unspecified atom stereocenters. The Kier molecular flexibility index (Phi) is 3.69. The van der Waals surface area contributed by atoms with Gasteiger partial charge in [-0.25, -0.2) is 4.79 Å². The molecule has 0 heterocycles. The predicted octanol–water partition coefficient (Wildman–Crippen LogP) is 1.73. The van der Waals surface area contributed by atoms with Crippen LogP contribution in [0.1, 0.15) is 47.0 Å². The van der Waals surface area contributed by atoms with Gasteiger partial charge in [-0.15, -0.1) is 0 Å². The van der Waals surface area contributed by atoms with Crippen molar-refractivity contribution in [3.63, 3.8) is 0 Å². The third kappa shape index (κ3) is 4.63. The lowest BCUT2D eigenvalue weighted by molar-refractivity contribution is -0.138. The largest absolute Gasteiger partial charge is 0.481 e. The summed E-state index contributed by atoms with van der Waals surface area (Å²) in [5.74, 6) is -0.900. The Morgan fingerprint density at radius 3 is 2.24 bits per heavy atom. The number of carbonyl (C=O) groups is 2. The number of urea groups is 1. The molecular formula is C12H22N2O3. The fourth-order valence-corrected chi connectivity index (χ4v) is 1.53. The van der Waals surface area contributed by atoms with Crippen molar-refractivity contribution in [3.8, 4) is 0 Å². The maximum Gasteiger partial charge on any atom is 0.315 e. The number of amides is 2. The van der Waals surface area contributed by atoms with Crippen LogP contribution in [0.4, 0.5) is 4.79 Å². The number of carboxylic acids is 1. The van der Waals surface area contributed by atoms with Crippen molar-refractivity contribution in [2.45, 2.75) is 58.5 Å². The summed E-state index contributed by atoms with van der Waals surface area (Å²) in [6.07, 6.45) is 1.91. The highest BCUT2D eigenvalue weighted by Gasteiger charge is 2.39. The lowest BCUT2D eigenvalue weighted by Gasteiger charge is -2.30. The summed E-state index contributed by atoms with van der Waals surface area (Å²) in [7, 11) is 0. The zero-order valence-electron chi connectivity index (χ0n) is 11.0. The summed E-state index contributed by atoms with van der Waals surface area (Å²) in [5.41, 5.74) is -0.365. The molecule has 0 bridgehead atoms. The number of nitrogens with one attached hydrogen (secondary N) is 2. The van der Waals surface area contributed by atoms with Crippen molar-refractivity contribution in [1.82, 2.24) is 10.6 Å². The Morgan fingerprint density at radius 1 is 1.35 bits per heavy atom. The van der Waals surface area contributed by atoms with Gasteiger partial charge in [-0.05, 0) is 25.2 Å².